The van der Waals surface area contributed by atoms with Crippen LogP contribution < -0.4 is 4.74 Å². The Morgan fingerprint density at radius 2 is 1.74 bits per heavy atom. The third-order valence-electron chi connectivity index (χ3n) is 5.01. The Morgan fingerprint density at radius 3 is 2.30 bits per heavy atom. The molecule has 2 nitrogen and oxygen atoms in total. The highest BCUT2D eigenvalue weighted by molar-refractivity contribution is 6.04. The zero-order valence-electron chi connectivity index (χ0n) is 14.4. The summed E-state index contributed by atoms with van der Waals surface area (Å²) in [5.74, 6) is 2.69. The third kappa shape index (κ3) is 5.85. The van der Waals surface area contributed by atoms with Gasteiger partial charge in [-0.2, -0.15) is 0 Å². The van der Waals surface area contributed by atoms with Gasteiger partial charge in [0.05, 0.1) is 6.61 Å². The predicted molar refractivity (Wildman–Crippen MR) is 96.1 cm³/mol. The van der Waals surface area contributed by atoms with Crippen LogP contribution in [0.5, 0.6) is 5.75 Å². The van der Waals surface area contributed by atoms with Gasteiger partial charge in [0, 0.05) is 5.56 Å². The lowest BCUT2D eigenvalue weighted by Gasteiger charge is -2.28. The van der Waals surface area contributed by atoms with Crippen molar-refractivity contribution >= 4 is 5.78 Å². The minimum absolute atomic E-state index is 0.0461. The molecule has 0 saturated heterocycles. The lowest BCUT2D eigenvalue weighted by Crippen LogP contribution is -2.15. The van der Waals surface area contributed by atoms with E-state index < -0.39 is 0 Å². The molecule has 0 spiro atoms. The van der Waals surface area contributed by atoms with E-state index in [0.717, 1.165) is 30.6 Å². The average molecular weight is 314 g/mol. The maximum Gasteiger partial charge on any atom is 0.185 e. The summed E-state index contributed by atoms with van der Waals surface area (Å²) in [6, 6.07) is 7.34. The molecule has 0 amide bonds. The van der Waals surface area contributed by atoms with E-state index in [4.69, 9.17) is 4.74 Å². The van der Waals surface area contributed by atoms with Crippen molar-refractivity contribution in [3.05, 3.63) is 42.5 Å². The molecule has 126 valence electrons. The summed E-state index contributed by atoms with van der Waals surface area (Å²) in [7, 11) is 0. The Kier molecular flexibility index (Phi) is 7.38. The summed E-state index contributed by atoms with van der Waals surface area (Å²) >= 11 is 0. The minimum Gasteiger partial charge on any atom is -0.494 e. The fraction of sp³-hybridized carbons (Fsp3) is 0.571. The number of hydrogen-bond donors (Lipinski definition) is 0. The van der Waals surface area contributed by atoms with Crippen LogP contribution in [0.15, 0.2) is 36.9 Å². The van der Waals surface area contributed by atoms with E-state index >= 15 is 0 Å². The molecule has 2 heteroatoms. The van der Waals surface area contributed by atoms with Gasteiger partial charge in [0.25, 0.3) is 0 Å². The van der Waals surface area contributed by atoms with Gasteiger partial charge in [0.2, 0.25) is 0 Å². The van der Waals surface area contributed by atoms with Crippen LogP contribution in [0.2, 0.25) is 0 Å². The number of carbonyl (C=O) groups is 1. The van der Waals surface area contributed by atoms with E-state index in [1.54, 1.807) is 12.1 Å². The highest BCUT2D eigenvalue weighted by Gasteiger charge is 2.20. The first kappa shape index (κ1) is 17.8. The average Bonchev–Trinajstić information content (AvgIpc) is 2.60. The maximum absolute atomic E-state index is 11.5. The van der Waals surface area contributed by atoms with Gasteiger partial charge >= 0.3 is 0 Å². The highest BCUT2D eigenvalue weighted by Crippen LogP contribution is 2.33. The highest BCUT2D eigenvalue weighted by atomic mass is 16.5. The van der Waals surface area contributed by atoms with Crippen molar-refractivity contribution in [2.24, 2.45) is 11.8 Å². The fourth-order valence-corrected chi connectivity index (χ4v) is 3.61. The molecule has 0 unspecified atom stereocenters. The number of rotatable bonds is 9. The number of ketones is 1. The monoisotopic (exact) mass is 314 g/mol. The molecule has 1 fully saturated rings. The number of benzene rings is 1. The molecule has 1 aliphatic carbocycles. The Morgan fingerprint density at radius 1 is 1.13 bits per heavy atom. The van der Waals surface area contributed by atoms with Crippen LogP contribution >= 0.6 is 0 Å². The number of allylic oxidation sites excluding steroid dienone is 1. The van der Waals surface area contributed by atoms with Crippen LogP contribution in [0.4, 0.5) is 0 Å². The van der Waals surface area contributed by atoms with E-state index in [0.29, 0.717) is 5.56 Å². The Hall–Kier alpha value is -1.57. The molecule has 0 N–H and O–H groups in total. The molecule has 2 rings (SSSR count). The molecular formula is C21H30O2. The van der Waals surface area contributed by atoms with Gasteiger partial charge in [0.15, 0.2) is 5.78 Å². The van der Waals surface area contributed by atoms with Gasteiger partial charge in [-0.15, -0.1) is 0 Å². The zero-order valence-corrected chi connectivity index (χ0v) is 14.4. The fourth-order valence-electron chi connectivity index (χ4n) is 3.61. The Balaban J connectivity index is 1.62. The summed E-state index contributed by atoms with van der Waals surface area (Å²) in [5, 5.41) is 0. The summed E-state index contributed by atoms with van der Waals surface area (Å²) < 4.78 is 5.79. The Bertz CT molecular complexity index is 481. The largest absolute Gasteiger partial charge is 0.494 e. The Labute approximate surface area is 140 Å². The molecule has 0 aliphatic heterocycles. The van der Waals surface area contributed by atoms with E-state index in [1.165, 1.54) is 51.0 Å². The van der Waals surface area contributed by atoms with Gasteiger partial charge in [-0.3, -0.25) is 4.79 Å². The molecule has 0 bridgehead atoms. The molecule has 1 aliphatic rings. The van der Waals surface area contributed by atoms with Crippen molar-refractivity contribution in [2.45, 2.75) is 58.3 Å². The van der Waals surface area contributed by atoms with Crippen molar-refractivity contribution in [3.8, 4) is 5.75 Å². The van der Waals surface area contributed by atoms with Gasteiger partial charge in [-0.1, -0.05) is 52.0 Å². The van der Waals surface area contributed by atoms with Crippen LogP contribution in [0, 0.1) is 11.8 Å². The minimum atomic E-state index is -0.0461. The van der Waals surface area contributed by atoms with E-state index in [1.807, 2.05) is 12.1 Å². The topological polar surface area (TPSA) is 26.3 Å². The molecule has 1 saturated carbocycles. The van der Waals surface area contributed by atoms with Crippen LogP contribution in [-0.2, 0) is 0 Å². The quantitative estimate of drug-likeness (QED) is 0.326. The van der Waals surface area contributed by atoms with Crippen molar-refractivity contribution in [2.75, 3.05) is 6.61 Å². The van der Waals surface area contributed by atoms with E-state index in [-0.39, 0.29) is 5.78 Å². The van der Waals surface area contributed by atoms with Gasteiger partial charge in [-0.25, -0.2) is 0 Å². The normalized spacial score (nSPS) is 20.9. The molecule has 0 heterocycles. The molecule has 0 radical (unpaired) electrons. The zero-order chi connectivity index (χ0) is 16.5. The lowest BCUT2D eigenvalue weighted by molar-refractivity contribution is 0.104. The first-order valence-electron chi connectivity index (χ1n) is 9.12. The van der Waals surface area contributed by atoms with Crippen LogP contribution in [0.25, 0.3) is 0 Å². The lowest BCUT2D eigenvalue weighted by atomic mass is 9.78. The smallest absolute Gasteiger partial charge is 0.185 e. The predicted octanol–water partition coefficient (Wildman–Crippen LogP) is 5.82. The molecule has 0 atom stereocenters. The second-order valence-electron chi connectivity index (χ2n) is 6.76. The standard InChI is InChI=1S/C21H30O2/c1-3-6-17-8-10-18(11-9-17)7-5-16-23-20-14-12-19(13-15-20)21(22)4-2/h4,12-15,17-18H,2-3,5-11,16H2,1H3. The van der Waals surface area contributed by atoms with Crippen molar-refractivity contribution in [3.63, 3.8) is 0 Å². The number of hydrogen-bond acceptors (Lipinski definition) is 2. The second-order valence-corrected chi connectivity index (χ2v) is 6.76. The third-order valence-corrected chi connectivity index (χ3v) is 5.01. The molecular weight excluding hydrogens is 284 g/mol. The summed E-state index contributed by atoms with van der Waals surface area (Å²) in [5.41, 5.74) is 0.663. The SMILES string of the molecule is C=CC(=O)c1ccc(OCCCC2CCC(CCC)CC2)cc1. The number of ether oxygens (including phenoxy) is 1. The first-order chi connectivity index (χ1) is 11.2. The number of carbonyl (C=O) groups excluding carboxylic acids is 1. The van der Waals surface area contributed by atoms with Crippen LogP contribution in [0.1, 0.15) is 68.6 Å². The molecule has 23 heavy (non-hydrogen) atoms. The van der Waals surface area contributed by atoms with Gasteiger partial charge in [0.1, 0.15) is 5.75 Å². The molecule has 1 aromatic rings. The van der Waals surface area contributed by atoms with E-state index in [9.17, 15) is 4.79 Å². The summed E-state index contributed by atoms with van der Waals surface area (Å²) in [6.07, 6.45) is 12.2. The molecule has 1 aromatic carbocycles. The van der Waals surface area contributed by atoms with E-state index in [2.05, 4.69) is 13.5 Å². The van der Waals surface area contributed by atoms with Crippen LogP contribution in [0.3, 0.4) is 0 Å². The van der Waals surface area contributed by atoms with Crippen molar-refractivity contribution < 1.29 is 9.53 Å². The summed E-state index contributed by atoms with van der Waals surface area (Å²) in [6.45, 7) is 6.56. The van der Waals surface area contributed by atoms with Gasteiger partial charge in [-0.05, 0) is 55.0 Å². The van der Waals surface area contributed by atoms with Crippen LogP contribution in [-0.4, -0.2) is 12.4 Å². The molecule has 0 aromatic heterocycles. The van der Waals surface area contributed by atoms with Crippen molar-refractivity contribution in [1.29, 1.82) is 0 Å². The van der Waals surface area contributed by atoms with Crippen molar-refractivity contribution in [1.82, 2.24) is 0 Å². The second kappa shape index (κ2) is 9.54. The first-order valence-corrected chi connectivity index (χ1v) is 9.12. The maximum atomic E-state index is 11.5. The summed E-state index contributed by atoms with van der Waals surface area (Å²) in [4.78, 5) is 11.5. The van der Waals surface area contributed by atoms with Gasteiger partial charge < -0.3 is 4.74 Å².